The average Bonchev–Trinajstić information content (AvgIpc) is 2.72. The van der Waals surface area contributed by atoms with Crippen LogP contribution in [0.15, 0.2) is 33.4 Å². The minimum absolute atomic E-state index is 0.639. The van der Waals surface area contributed by atoms with E-state index in [0.29, 0.717) is 19.0 Å². The largest absolute Gasteiger partial charge is 0.490 e. The van der Waals surface area contributed by atoms with Crippen molar-refractivity contribution in [2.75, 3.05) is 13.2 Å². The monoisotopic (exact) mass is 340 g/mol. The van der Waals surface area contributed by atoms with E-state index in [-0.39, 0.29) is 0 Å². The van der Waals surface area contributed by atoms with Gasteiger partial charge in [0.15, 0.2) is 11.5 Å². The number of ether oxygens (including phenoxy) is 2. The fraction of sp³-hybridized carbons (Fsp3) is 0.286. The van der Waals surface area contributed by atoms with E-state index in [1.807, 2.05) is 29.6 Å². The predicted molar refractivity (Wildman–Crippen MR) is 78.1 cm³/mol. The van der Waals surface area contributed by atoms with Crippen LogP contribution in [-0.2, 0) is 0 Å². The Morgan fingerprint density at radius 3 is 2.63 bits per heavy atom. The molecule has 1 N–H and O–H groups in total. The van der Waals surface area contributed by atoms with Crippen LogP contribution in [0.2, 0.25) is 0 Å². The quantitative estimate of drug-likeness (QED) is 0.904. The summed E-state index contributed by atoms with van der Waals surface area (Å²) in [6, 6.07) is 7.53. The molecule has 1 unspecified atom stereocenters. The van der Waals surface area contributed by atoms with Gasteiger partial charge in [-0.3, -0.25) is 0 Å². The zero-order valence-corrected chi connectivity index (χ0v) is 12.5. The lowest BCUT2D eigenvalue weighted by Crippen LogP contribution is -1.99. The smallest absolute Gasteiger partial charge is 0.161 e. The van der Waals surface area contributed by atoms with Crippen molar-refractivity contribution in [3.05, 3.63) is 44.6 Å². The molecule has 0 bridgehead atoms. The summed E-state index contributed by atoms with van der Waals surface area (Å²) in [5, 5.41) is 12.3. The Bertz CT molecular complexity index is 582. The third kappa shape index (κ3) is 2.78. The second kappa shape index (κ2) is 5.53. The van der Waals surface area contributed by atoms with Gasteiger partial charge in [0.1, 0.15) is 6.10 Å². The molecule has 100 valence electrons. The van der Waals surface area contributed by atoms with Gasteiger partial charge in [-0.2, -0.15) is 0 Å². The van der Waals surface area contributed by atoms with Crippen molar-refractivity contribution in [2.45, 2.75) is 12.5 Å². The Labute approximate surface area is 123 Å². The van der Waals surface area contributed by atoms with E-state index in [1.54, 1.807) is 11.3 Å². The number of fused-ring (bicyclic) bond motifs is 1. The molecular weight excluding hydrogens is 328 g/mol. The fourth-order valence-corrected chi connectivity index (χ4v) is 3.20. The molecule has 1 aromatic heterocycles. The molecule has 1 aromatic carbocycles. The molecule has 0 saturated heterocycles. The molecule has 1 aliphatic heterocycles. The van der Waals surface area contributed by atoms with Crippen molar-refractivity contribution in [3.63, 3.8) is 0 Å². The summed E-state index contributed by atoms with van der Waals surface area (Å²) >= 11 is 4.97. The van der Waals surface area contributed by atoms with E-state index in [0.717, 1.165) is 27.1 Å². The Hall–Kier alpha value is -1.04. The summed E-state index contributed by atoms with van der Waals surface area (Å²) in [6.45, 7) is 1.32. The highest BCUT2D eigenvalue weighted by Crippen LogP contribution is 2.35. The van der Waals surface area contributed by atoms with Gasteiger partial charge in [0.05, 0.1) is 17.0 Å². The second-order valence-corrected chi connectivity index (χ2v) is 6.63. The number of rotatable bonds is 2. The Kier molecular flexibility index (Phi) is 3.77. The molecule has 0 radical (unpaired) electrons. The lowest BCUT2D eigenvalue weighted by atomic mass is 10.0. The summed E-state index contributed by atoms with van der Waals surface area (Å²) in [6.07, 6.45) is 0.240. The normalized spacial score (nSPS) is 15.9. The number of hydrogen-bond acceptors (Lipinski definition) is 4. The maximum Gasteiger partial charge on any atom is 0.161 e. The van der Waals surface area contributed by atoms with Crippen molar-refractivity contribution in [1.29, 1.82) is 0 Å². The molecule has 2 aromatic rings. The number of aliphatic hydroxyl groups is 1. The summed E-state index contributed by atoms with van der Waals surface area (Å²) < 4.78 is 12.2. The van der Waals surface area contributed by atoms with E-state index < -0.39 is 6.10 Å². The molecule has 0 aliphatic carbocycles. The first kappa shape index (κ1) is 13.0. The lowest BCUT2D eigenvalue weighted by molar-refractivity contribution is 0.220. The van der Waals surface area contributed by atoms with Gasteiger partial charge in [-0.05, 0) is 50.6 Å². The topological polar surface area (TPSA) is 38.7 Å². The number of aliphatic hydroxyl groups excluding tert-OH is 1. The number of halogens is 1. The predicted octanol–water partition coefficient (Wildman–Crippen LogP) is 3.75. The standard InChI is InChI=1S/C14H13BrO3S/c15-13-7-10(8-19-13)14(16)9-2-3-11-12(6-9)18-5-1-4-17-11/h2-3,6-8,14,16H,1,4-5H2. The third-order valence-corrected chi connectivity index (χ3v) is 4.51. The molecule has 3 rings (SSSR count). The van der Waals surface area contributed by atoms with Gasteiger partial charge in [-0.25, -0.2) is 0 Å². The molecule has 5 heteroatoms. The fourth-order valence-electron chi connectivity index (χ4n) is 2.01. The van der Waals surface area contributed by atoms with E-state index in [9.17, 15) is 5.11 Å². The first-order valence-corrected chi connectivity index (χ1v) is 7.73. The van der Waals surface area contributed by atoms with Gasteiger partial charge in [0.2, 0.25) is 0 Å². The first-order chi connectivity index (χ1) is 9.24. The highest BCUT2D eigenvalue weighted by Gasteiger charge is 2.16. The van der Waals surface area contributed by atoms with Gasteiger partial charge in [0.25, 0.3) is 0 Å². The van der Waals surface area contributed by atoms with Gasteiger partial charge in [0, 0.05) is 6.42 Å². The summed E-state index contributed by atoms with van der Waals surface area (Å²) in [4.78, 5) is 0. The van der Waals surface area contributed by atoms with Crippen molar-refractivity contribution >= 4 is 27.3 Å². The maximum absolute atomic E-state index is 10.4. The molecule has 0 fully saturated rings. The Morgan fingerprint density at radius 1 is 1.11 bits per heavy atom. The Morgan fingerprint density at radius 2 is 1.89 bits per heavy atom. The highest BCUT2D eigenvalue weighted by atomic mass is 79.9. The van der Waals surface area contributed by atoms with Crippen LogP contribution in [0.1, 0.15) is 23.7 Å². The summed E-state index contributed by atoms with van der Waals surface area (Å²) in [5.74, 6) is 1.46. The molecule has 0 amide bonds. The molecule has 2 heterocycles. The number of thiophene rings is 1. The molecule has 19 heavy (non-hydrogen) atoms. The van der Waals surface area contributed by atoms with Gasteiger partial charge < -0.3 is 14.6 Å². The van der Waals surface area contributed by atoms with Crippen LogP contribution in [0.4, 0.5) is 0 Å². The zero-order chi connectivity index (χ0) is 13.2. The van der Waals surface area contributed by atoms with Crippen LogP contribution < -0.4 is 9.47 Å². The van der Waals surface area contributed by atoms with E-state index >= 15 is 0 Å². The lowest BCUT2D eigenvalue weighted by Gasteiger charge is -2.13. The molecule has 0 saturated carbocycles. The third-order valence-electron chi connectivity index (χ3n) is 2.99. The SMILES string of the molecule is OC(c1csc(Br)c1)c1ccc2c(c1)OCCCO2. The van der Waals surface area contributed by atoms with Crippen molar-refractivity contribution in [3.8, 4) is 11.5 Å². The molecule has 1 aliphatic rings. The van der Waals surface area contributed by atoms with Gasteiger partial charge >= 0.3 is 0 Å². The van der Waals surface area contributed by atoms with Crippen molar-refractivity contribution in [1.82, 2.24) is 0 Å². The van der Waals surface area contributed by atoms with E-state index in [4.69, 9.17) is 9.47 Å². The van der Waals surface area contributed by atoms with E-state index in [1.165, 1.54) is 0 Å². The van der Waals surface area contributed by atoms with Crippen LogP contribution >= 0.6 is 27.3 Å². The second-order valence-electron chi connectivity index (χ2n) is 4.34. The van der Waals surface area contributed by atoms with Gasteiger partial charge in [-0.1, -0.05) is 6.07 Å². The number of benzene rings is 1. The highest BCUT2D eigenvalue weighted by molar-refractivity contribution is 9.11. The van der Waals surface area contributed by atoms with Crippen LogP contribution in [0.25, 0.3) is 0 Å². The van der Waals surface area contributed by atoms with Crippen molar-refractivity contribution in [2.24, 2.45) is 0 Å². The number of hydrogen-bond donors (Lipinski definition) is 1. The van der Waals surface area contributed by atoms with Gasteiger partial charge in [-0.15, -0.1) is 11.3 Å². The zero-order valence-electron chi connectivity index (χ0n) is 10.1. The first-order valence-electron chi connectivity index (χ1n) is 6.05. The maximum atomic E-state index is 10.4. The van der Waals surface area contributed by atoms with Crippen LogP contribution in [-0.4, -0.2) is 18.3 Å². The molecular formula is C14H13BrO3S. The van der Waals surface area contributed by atoms with Crippen LogP contribution in [0.3, 0.4) is 0 Å². The minimum Gasteiger partial charge on any atom is -0.490 e. The van der Waals surface area contributed by atoms with Crippen LogP contribution in [0.5, 0.6) is 11.5 Å². The Balaban J connectivity index is 1.91. The van der Waals surface area contributed by atoms with Crippen LogP contribution in [0, 0.1) is 0 Å². The molecule has 0 spiro atoms. The molecule has 3 nitrogen and oxygen atoms in total. The molecule has 1 atom stereocenters. The summed E-state index contributed by atoms with van der Waals surface area (Å²) in [5.41, 5.74) is 1.70. The van der Waals surface area contributed by atoms with Crippen molar-refractivity contribution < 1.29 is 14.6 Å². The average molecular weight is 341 g/mol. The summed E-state index contributed by atoms with van der Waals surface area (Å²) in [7, 11) is 0. The minimum atomic E-state index is -0.639. The van der Waals surface area contributed by atoms with E-state index in [2.05, 4.69) is 15.9 Å².